The Kier molecular flexibility index (Phi) is 16.0. The van der Waals surface area contributed by atoms with Gasteiger partial charge in [0.25, 0.3) is 0 Å². The third-order valence-electron chi connectivity index (χ3n) is 9.73. The fraction of sp³-hybridized carbons (Fsp3) is 0.595. The van der Waals surface area contributed by atoms with Gasteiger partial charge in [0.15, 0.2) is 11.5 Å². The molecule has 0 bridgehead atoms. The summed E-state index contributed by atoms with van der Waals surface area (Å²) in [7, 11) is 0. The summed E-state index contributed by atoms with van der Waals surface area (Å²) in [5, 5.41) is 18.2. The number of nitrogens with one attached hydrogen (secondary N) is 6. The zero-order chi connectivity index (χ0) is 46.1. The van der Waals surface area contributed by atoms with E-state index in [0.29, 0.717) is 47.2 Å². The Bertz CT molecular complexity index is 2170. The molecule has 2 aliphatic rings. The first kappa shape index (κ1) is 48.5. The predicted octanol–water partition coefficient (Wildman–Crippen LogP) is 9.25. The first-order valence-electron chi connectivity index (χ1n) is 21.2. The third-order valence-corrected chi connectivity index (χ3v) is 9.95. The lowest BCUT2D eigenvalue weighted by Crippen LogP contribution is -2.42. The van der Waals surface area contributed by atoms with Gasteiger partial charge < -0.3 is 47.1 Å². The Balaban J connectivity index is 0.000000260. The van der Waals surface area contributed by atoms with Crippen LogP contribution in [0.1, 0.15) is 112 Å². The van der Waals surface area contributed by atoms with Crippen LogP contribution in [0.4, 0.5) is 57.8 Å². The molecule has 0 saturated heterocycles. The topological polar surface area (TPSA) is 220 Å². The molecule has 3 aromatic heterocycles. The van der Waals surface area contributed by atoms with Crippen LogP contribution in [-0.2, 0) is 22.2 Å². The number of nitrogen functional groups attached to an aromatic ring is 1. The Morgan fingerprint density at radius 3 is 1.90 bits per heavy atom. The summed E-state index contributed by atoms with van der Waals surface area (Å²) in [4.78, 5) is 46.3. The van der Waals surface area contributed by atoms with Crippen LogP contribution in [0.25, 0.3) is 11.2 Å². The van der Waals surface area contributed by atoms with Crippen molar-refractivity contribution in [3.05, 3.63) is 41.2 Å². The number of alkyl halides is 3. The maximum absolute atomic E-state index is 13.4. The molecule has 4 aromatic rings. The molecule has 2 amide bonds. The van der Waals surface area contributed by atoms with Crippen LogP contribution in [0.15, 0.2) is 30.6 Å². The number of alkyl carbamates (subject to hydrolysis) is 2. The van der Waals surface area contributed by atoms with Gasteiger partial charge in [0, 0.05) is 33.9 Å². The lowest BCUT2D eigenvalue weighted by atomic mass is 10.1. The summed E-state index contributed by atoms with van der Waals surface area (Å²) in [5.41, 5.74) is 5.64. The van der Waals surface area contributed by atoms with Crippen LogP contribution in [-0.4, -0.2) is 83.6 Å². The van der Waals surface area contributed by atoms with E-state index in [4.69, 9.17) is 26.8 Å². The van der Waals surface area contributed by atoms with Crippen LogP contribution in [0.2, 0.25) is 5.02 Å². The van der Waals surface area contributed by atoms with E-state index in [1.54, 1.807) is 23.9 Å². The van der Waals surface area contributed by atoms with Crippen molar-refractivity contribution in [3.63, 3.8) is 0 Å². The number of hydrogen-bond donors (Lipinski definition) is 7. The van der Waals surface area contributed by atoms with Gasteiger partial charge in [-0.3, -0.25) is 4.57 Å². The molecule has 8 N–H and O–H groups in total. The summed E-state index contributed by atoms with van der Waals surface area (Å²) >= 11 is 5.97. The number of carbonyl (C=O) groups is 2. The molecule has 2 atom stereocenters. The van der Waals surface area contributed by atoms with Crippen LogP contribution in [0, 0.1) is 0 Å². The van der Waals surface area contributed by atoms with E-state index in [0.717, 1.165) is 50.7 Å². The highest BCUT2D eigenvalue weighted by molar-refractivity contribution is 6.31. The third kappa shape index (κ3) is 15.6. The summed E-state index contributed by atoms with van der Waals surface area (Å²) in [6.45, 7) is 15.3. The van der Waals surface area contributed by atoms with Crippen molar-refractivity contribution < 1.29 is 32.2 Å². The minimum atomic E-state index is -4.57. The average Bonchev–Trinajstić information content (AvgIpc) is 3.93. The van der Waals surface area contributed by atoms with E-state index < -0.39 is 35.6 Å². The molecule has 0 aliphatic heterocycles. The zero-order valence-electron chi connectivity index (χ0n) is 37.2. The molecule has 346 valence electrons. The van der Waals surface area contributed by atoms with Gasteiger partial charge in [0.2, 0.25) is 17.8 Å². The zero-order valence-corrected chi connectivity index (χ0v) is 37.9. The number of nitrogens with two attached hydrogens (primary N) is 1. The standard InChI is InChI=1S/C25H31ClF3N7O2.C17H30N6O2/c1-14(38-23(37)35-24(2,3)4)13-36-20-19(12-30-21(34-20)31-17-7-5-6-8-17)33-22(36)32-18-10-15(25(27,28)29)9-16(26)11-18;1-11(25-16(24)23-17(2,3)4)9-19-14-13(18)10-20-15(22-14)21-12-7-5-6-8-12/h9-12,14,17H,5-8,13H2,1-4H3,(H,32,33)(H,35,37)(H,30,31,34);10-12H,5-9,18H2,1-4H3,(H,23,24)(H2,19,20,21,22). The van der Waals surface area contributed by atoms with Crippen molar-refractivity contribution in [1.82, 2.24) is 40.1 Å². The van der Waals surface area contributed by atoms with E-state index >= 15 is 0 Å². The number of nitrogens with zero attached hydrogens (tertiary/aromatic N) is 6. The fourth-order valence-corrected chi connectivity index (χ4v) is 7.17. The monoisotopic (exact) mass is 903 g/mol. The van der Waals surface area contributed by atoms with Crippen LogP contribution >= 0.6 is 11.6 Å². The maximum Gasteiger partial charge on any atom is 0.416 e. The largest absolute Gasteiger partial charge is 0.445 e. The Labute approximate surface area is 371 Å². The number of imidazole rings is 1. The second kappa shape index (κ2) is 20.8. The number of aromatic nitrogens is 6. The number of carbonyl (C=O) groups excluding carboxylic acids is 2. The molecule has 0 radical (unpaired) electrons. The Hall–Kier alpha value is -5.53. The van der Waals surface area contributed by atoms with Crippen LogP contribution in [0.5, 0.6) is 0 Å². The molecule has 21 heteroatoms. The fourth-order valence-electron chi connectivity index (χ4n) is 6.93. The van der Waals surface area contributed by atoms with Crippen molar-refractivity contribution in [1.29, 1.82) is 0 Å². The summed E-state index contributed by atoms with van der Waals surface area (Å²) in [5.74, 6) is 1.75. The molecule has 0 spiro atoms. The second-order valence-electron chi connectivity index (χ2n) is 18.1. The number of halogens is 4. The Morgan fingerprint density at radius 1 is 0.810 bits per heavy atom. The highest BCUT2D eigenvalue weighted by Gasteiger charge is 2.31. The molecule has 63 heavy (non-hydrogen) atoms. The lowest BCUT2D eigenvalue weighted by molar-refractivity contribution is -0.137. The van der Waals surface area contributed by atoms with Crippen molar-refractivity contribution in [2.24, 2.45) is 0 Å². The molecule has 1 aromatic carbocycles. The number of fused-ring (bicyclic) bond motifs is 1. The number of rotatable bonds is 13. The van der Waals surface area contributed by atoms with Gasteiger partial charge in [-0.2, -0.15) is 23.1 Å². The van der Waals surface area contributed by atoms with Crippen molar-refractivity contribution in [2.45, 2.75) is 155 Å². The van der Waals surface area contributed by atoms with Crippen LogP contribution < -0.4 is 37.6 Å². The highest BCUT2D eigenvalue weighted by atomic mass is 35.5. The van der Waals surface area contributed by atoms with Gasteiger partial charge in [0.05, 0.1) is 36.7 Å². The van der Waals surface area contributed by atoms with E-state index in [2.05, 4.69) is 56.8 Å². The molecule has 6 rings (SSSR count). The first-order chi connectivity index (χ1) is 29.5. The molecule has 2 unspecified atom stereocenters. The van der Waals surface area contributed by atoms with Gasteiger partial charge >= 0.3 is 18.4 Å². The quantitative estimate of drug-likeness (QED) is 0.0665. The minimum absolute atomic E-state index is 0.0802. The maximum atomic E-state index is 13.4. The second-order valence-corrected chi connectivity index (χ2v) is 18.5. The molecular formula is C42H61ClF3N13O4. The number of anilines is 6. The van der Waals surface area contributed by atoms with Crippen molar-refractivity contribution >= 4 is 70.0 Å². The molecule has 2 aliphatic carbocycles. The molecule has 3 heterocycles. The predicted molar refractivity (Wildman–Crippen MR) is 239 cm³/mol. The van der Waals surface area contributed by atoms with Crippen molar-refractivity contribution in [3.8, 4) is 0 Å². The van der Waals surface area contributed by atoms with Crippen molar-refractivity contribution in [2.75, 3.05) is 33.5 Å². The van der Waals surface area contributed by atoms with Gasteiger partial charge in [-0.15, -0.1) is 0 Å². The van der Waals surface area contributed by atoms with Gasteiger partial charge in [-0.25, -0.2) is 24.5 Å². The molecule has 2 fully saturated rings. The Morgan fingerprint density at radius 2 is 1.35 bits per heavy atom. The molecule has 17 nitrogen and oxygen atoms in total. The number of ether oxygens (including phenoxy) is 2. The molecular weight excluding hydrogens is 843 g/mol. The summed E-state index contributed by atoms with van der Waals surface area (Å²) in [6.07, 6.45) is 5.67. The van der Waals surface area contributed by atoms with E-state index in [9.17, 15) is 22.8 Å². The number of amides is 2. The lowest BCUT2D eigenvalue weighted by Gasteiger charge is -2.22. The molecule has 2 saturated carbocycles. The van der Waals surface area contributed by atoms with Gasteiger partial charge in [-0.1, -0.05) is 37.3 Å². The summed E-state index contributed by atoms with van der Waals surface area (Å²) in [6, 6.07) is 3.88. The van der Waals surface area contributed by atoms with E-state index in [-0.39, 0.29) is 40.9 Å². The van der Waals surface area contributed by atoms with Crippen LogP contribution in [0.3, 0.4) is 0 Å². The number of hydrogen-bond acceptors (Lipinski definition) is 14. The van der Waals surface area contributed by atoms with E-state index in [1.165, 1.54) is 18.9 Å². The van der Waals surface area contributed by atoms with E-state index in [1.807, 2.05) is 48.5 Å². The SMILES string of the molecule is CC(CNc1nc(NC2CCCC2)ncc1N)OC(=O)NC(C)(C)C.CC(Cn1c(Nc2cc(Cl)cc(C(F)(F)F)c2)nc2cnc(NC3CCCC3)nc21)OC(=O)NC(C)(C)C. The first-order valence-corrected chi connectivity index (χ1v) is 21.6. The number of benzene rings is 1. The smallest absolute Gasteiger partial charge is 0.416 e. The van der Waals surface area contributed by atoms with Gasteiger partial charge in [-0.05, 0) is 99.3 Å². The summed E-state index contributed by atoms with van der Waals surface area (Å²) < 4.78 is 52.6. The highest BCUT2D eigenvalue weighted by Crippen LogP contribution is 2.35. The minimum Gasteiger partial charge on any atom is -0.445 e. The normalized spacial score (nSPS) is 15.8. The van der Waals surface area contributed by atoms with Gasteiger partial charge in [0.1, 0.15) is 17.7 Å². The average molecular weight is 904 g/mol.